The maximum atomic E-state index is 9.45. The molecule has 0 aliphatic carbocycles. The fourth-order valence-electron chi connectivity index (χ4n) is 2.67. The number of hydrogen-bond acceptors (Lipinski definition) is 2. The first-order chi connectivity index (χ1) is 7.72. The van der Waals surface area contributed by atoms with E-state index in [0.29, 0.717) is 12.0 Å². The molecule has 3 heteroatoms. The number of piperidine rings is 1. The number of hydrogen-bond donors (Lipinski definition) is 1. The molecule has 0 radical (unpaired) electrons. The minimum absolute atomic E-state index is 0.252. The third kappa shape index (κ3) is 2.40. The summed E-state index contributed by atoms with van der Waals surface area (Å²) in [6, 6.07) is 8.28. The Hall–Kier alpha value is -0.570. The average molecular weight is 240 g/mol. The van der Waals surface area contributed by atoms with Crippen LogP contribution in [-0.2, 0) is 0 Å². The van der Waals surface area contributed by atoms with Crippen molar-refractivity contribution in [2.45, 2.75) is 18.9 Å². The Morgan fingerprint density at radius 3 is 3.00 bits per heavy atom. The molecule has 1 fully saturated rings. The summed E-state index contributed by atoms with van der Waals surface area (Å²) in [6.07, 6.45) is 2.26. The van der Waals surface area contributed by atoms with Gasteiger partial charge in [-0.3, -0.25) is 4.90 Å². The molecule has 0 spiro atoms. The molecule has 1 aromatic carbocycles. The highest BCUT2D eigenvalue weighted by molar-refractivity contribution is 6.30. The predicted molar refractivity (Wildman–Crippen MR) is 66.6 cm³/mol. The van der Waals surface area contributed by atoms with E-state index in [1.165, 1.54) is 12.0 Å². The number of halogens is 1. The Kier molecular flexibility index (Phi) is 3.85. The smallest absolute Gasteiger partial charge is 0.0477 e. The molecule has 0 amide bonds. The van der Waals surface area contributed by atoms with Gasteiger partial charge in [0.1, 0.15) is 0 Å². The van der Waals surface area contributed by atoms with E-state index < -0.39 is 0 Å². The molecule has 2 rings (SSSR count). The van der Waals surface area contributed by atoms with Crippen LogP contribution in [0.15, 0.2) is 24.3 Å². The van der Waals surface area contributed by atoms with Crippen LogP contribution in [-0.4, -0.2) is 30.2 Å². The van der Waals surface area contributed by atoms with Crippen molar-refractivity contribution in [3.63, 3.8) is 0 Å². The molecule has 2 atom stereocenters. The van der Waals surface area contributed by atoms with Crippen molar-refractivity contribution in [1.29, 1.82) is 0 Å². The summed E-state index contributed by atoms with van der Waals surface area (Å²) in [7, 11) is 2.12. The van der Waals surface area contributed by atoms with Gasteiger partial charge in [-0.1, -0.05) is 23.7 Å². The number of aliphatic hydroxyl groups excluding tert-OH is 1. The summed E-state index contributed by atoms with van der Waals surface area (Å²) in [6.45, 7) is 1.34. The largest absolute Gasteiger partial charge is 0.396 e. The van der Waals surface area contributed by atoms with Crippen molar-refractivity contribution in [3.05, 3.63) is 34.9 Å². The van der Waals surface area contributed by atoms with E-state index in [-0.39, 0.29) is 6.61 Å². The molecule has 0 saturated carbocycles. The molecule has 2 nitrogen and oxygen atoms in total. The molecular formula is C13H18ClNO. The Morgan fingerprint density at radius 1 is 1.50 bits per heavy atom. The second-order valence-electron chi connectivity index (χ2n) is 4.57. The van der Waals surface area contributed by atoms with E-state index in [4.69, 9.17) is 11.6 Å². The normalized spacial score (nSPS) is 26.9. The molecule has 1 aliphatic rings. The number of aliphatic hydroxyl groups is 1. The lowest BCUT2D eigenvalue weighted by Gasteiger charge is -2.38. The maximum absolute atomic E-state index is 9.45. The number of rotatable bonds is 2. The van der Waals surface area contributed by atoms with Gasteiger partial charge in [-0.05, 0) is 44.1 Å². The molecule has 2 unspecified atom stereocenters. The van der Waals surface area contributed by atoms with Gasteiger partial charge >= 0.3 is 0 Å². The first-order valence-corrected chi connectivity index (χ1v) is 6.16. The van der Waals surface area contributed by atoms with Crippen LogP contribution in [0, 0.1) is 5.92 Å². The van der Waals surface area contributed by atoms with Gasteiger partial charge in [-0.25, -0.2) is 0 Å². The van der Waals surface area contributed by atoms with E-state index in [2.05, 4.69) is 18.0 Å². The van der Waals surface area contributed by atoms with Crippen LogP contribution in [0.5, 0.6) is 0 Å². The van der Waals surface area contributed by atoms with E-state index in [1.54, 1.807) is 0 Å². The van der Waals surface area contributed by atoms with Gasteiger partial charge in [0, 0.05) is 23.6 Å². The van der Waals surface area contributed by atoms with Crippen LogP contribution >= 0.6 is 11.6 Å². The van der Waals surface area contributed by atoms with Crippen LogP contribution in [0.25, 0.3) is 0 Å². The Balaban J connectivity index is 2.28. The molecule has 1 aromatic rings. The molecule has 88 valence electrons. The van der Waals surface area contributed by atoms with Crippen LogP contribution in [0.3, 0.4) is 0 Å². The van der Waals surface area contributed by atoms with Crippen molar-refractivity contribution < 1.29 is 5.11 Å². The fraction of sp³-hybridized carbons (Fsp3) is 0.538. The Morgan fingerprint density at radius 2 is 2.31 bits per heavy atom. The van der Waals surface area contributed by atoms with Gasteiger partial charge in [-0.15, -0.1) is 0 Å². The topological polar surface area (TPSA) is 23.5 Å². The van der Waals surface area contributed by atoms with Crippen molar-refractivity contribution in [2.24, 2.45) is 5.92 Å². The van der Waals surface area contributed by atoms with Crippen LogP contribution < -0.4 is 0 Å². The molecule has 1 saturated heterocycles. The second kappa shape index (κ2) is 5.17. The van der Waals surface area contributed by atoms with E-state index in [9.17, 15) is 5.11 Å². The second-order valence-corrected chi connectivity index (χ2v) is 5.00. The standard InChI is InChI=1S/C13H18ClNO/c1-15-7-3-5-11(9-16)13(15)10-4-2-6-12(14)8-10/h2,4,6,8,11,13,16H,3,5,7,9H2,1H3. The number of nitrogens with zero attached hydrogens (tertiary/aromatic N) is 1. The number of likely N-dealkylation sites (tertiary alicyclic amines) is 1. The average Bonchev–Trinajstić information content (AvgIpc) is 2.28. The lowest BCUT2D eigenvalue weighted by Crippen LogP contribution is -2.37. The van der Waals surface area contributed by atoms with Gasteiger partial charge < -0.3 is 5.11 Å². The third-order valence-corrected chi connectivity index (χ3v) is 3.67. The van der Waals surface area contributed by atoms with Crippen molar-refractivity contribution >= 4 is 11.6 Å². The quantitative estimate of drug-likeness (QED) is 0.858. The zero-order valence-corrected chi connectivity index (χ0v) is 10.3. The van der Waals surface area contributed by atoms with Crippen LogP contribution in [0.2, 0.25) is 5.02 Å². The highest BCUT2D eigenvalue weighted by atomic mass is 35.5. The predicted octanol–water partition coefficient (Wildman–Crippen LogP) is 2.72. The fourth-order valence-corrected chi connectivity index (χ4v) is 2.87. The summed E-state index contributed by atoms with van der Waals surface area (Å²) < 4.78 is 0. The van der Waals surface area contributed by atoms with Gasteiger partial charge in [0.05, 0.1) is 0 Å². The monoisotopic (exact) mass is 239 g/mol. The lowest BCUT2D eigenvalue weighted by atomic mass is 9.85. The van der Waals surface area contributed by atoms with E-state index >= 15 is 0 Å². The molecule has 1 N–H and O–H groups in total. The molecule has 16 heavy (non-hydrogen) atoms. The Bertz CT molecular complexity index is 356. The lowest BCUT2D eigenvalue weighted by molar-refractivity contribution is 0.0743. The molecule has 0 aromatic heterocycles. The highest BCUT2D eigenvalue weighted by Crippen LogP contribution is 2.35. The molecule has 0 bridgehead atoms. The van der Waals surface area contributed by atoms with Crippen LogP contribution in [0.4, 0.5) is 0 Å². The van der Waals surface area contributed by atoms with Crippen molar-refractivity contribution in [3.8, 4) is 0 Å². The summed E-state index contributed by atoms with van der Waals surface area (Å²) in [5.41, 5.74) is 1.22. The zero-order valence-electron chi connectivity index (χ0n) is 9.56. The molecule has 1 aliphatic heterocycles. The summed E-state index contributed by atoms with van der Waals surface area (Å²) in [4.78, 5) is 2.32. The summed E-state index contributed by atoms with van der Waals surface area (Å²) in [5.74, 6) is 0.331. The first-order valence-electron chi connectivity index (χ1n) is 5.79. The summed E-state index contributed by atoms with van der Waals surface area (Å²) >= 11 is 6.02. The molecular weight excluding hydrogens is 222 g/mol. The maximum Gasteiger partial charge on any atom is 0.0477 e. The van der Waals surface area contributed by atoms with Crippen LogP contribution in [0.1, 0.15) is 24.4 Å². The van der Waals surface area contributed by atoms with E-state index in [0.717, 1.165) is 18.0 Å². The Labute approximate surface area is 102 Å². The first kappa shape index (κ1) is 11.9. The van der Waals surface area contributed by atoms with E-state index in [1.807, 2.05) is 18.2 Å². The van der Waals surface area contributed by atoms with Gasteiger partial charge in [-0.2, -0.15) is 0 Å². The summed E-state index contributed by atoms with van der Waals surface area (Å²) in [5, 5.41) is 10.2. The van der Waals surface area contributed by atoms with Crippen molar-refractivity contribution in [2.75, 3.05) is 20.2 Å². The highest BCUT2D eigenvalue weighted by Gasteiger charge is 2.29. The van der Waals surface area contributed by atoms with Gasteiger partial charge in [0.2, 0.25) is 0 Å². The zero-order chi connectivity index (χ0) is 11.5. The molecule has 1 heterocycles. The third-order valence-electron chi connectivity index (χ3n) is 3.43. The minimum Gasteiger partial charge on any atom is -0.396 e. The number of benzene rings is 1. The minimum atomic E-state index is 0.252. The van der Waals surface area contributed by atoms with Gasteiger partial charge in [0.25, 0.3) is 0 Å². The van der Waals surface area contributed by atoms with Gasteiger partial charge in [0.15, 0.2) is 0 Å². The van der Waals surface area contributed by atoms with Crippen molar-refractivity contribution in [1.82, 2.24) is 4.90 Å². The SMILES string of the molecule is CN1CCCC(CO)C1c1cccc(Cl)c1.